The maximum absolute atomic E-state index is 13.1. The van der Waals surface area contributed by atoms with Crippen molar-refractivity contribution < 1.29 is 18.8 Å². The fraction of sp³-hybridized carbons (Fsp3) is 0.250. The Labute approximate surface area is 179 Å². The van der Waals surface area contributed by atoms with Crippen LogP contribution in [-0.4, -0.2) is 22.7 Å². The number of oxazole rings is 1. The van der Waals surface area contributed by atoms with Crippen molar-refractivity contribution in [1.29, 1.82) is 0 Å². The second kappa shape index (κ2) is 7.50. The normalized spacial score (nSPS) is 16.1. The van der Waals surface area contributed by atoms with E-state index in [0.717, 1.165) is 18.4 Å². The molecule has 1 saturated heterocycles. The van der Waals surface area contributed by atoms with Crippen molar-refractivity contribution in [1.82, 2.24) is 4.98 Å². The molecule has 1 aromatic heterocycles. The van der Waals surface area contributed by atoms with Gasteiger partial charge in [-0.1, -0.05) is 24.3 Å². The van der Waals surface area contributed by atoms with Gasteiger partial charge in [0, 0.05) is 30.0 Å². The Balaban J connectivity index is 1.46. The van der Waals surface area contributed by atoms with Crippen LogP contribution in [0.3, 0.4) is 0 Å². The van der Waals surface area contributed by atoms with Crippen LogP contribution < -0.4 is 10.2 Å². The van der Waals surface area contributed by atoms with Gasteiger partial charge in [0.2, 0.25) is 17.7 Å². The fourth-order valence-electron chi connectivity index (χ4n) is 3.85. The van der Waals surface area contributed by atoms with E-state index in [4.69, 9.17) is 4.42 Å². The molecule has 1 aliphatic heterocycles. The van der Waals surface area contributed by atoms with E-state index in [1.165, 1.54) is 4.90 Å². The smallest absolute Gasteiger partial charge is 0.277 e. The van der Waals surface area contributed by atoms with E-state index in [1.54, 1.807) is 25.1 Å². The molecule has 31 heavy (non-hydrogen) atoms. The second-order valence-corrected chi connectivity index (χ2v) is 7.90. The van der Waals surface area contributed by atoms with E-state index in [-0.39, 0.29) is 42.2 Å². The first-order valence-electron chi connectivity index (χ1n) is 10.4. The summed E-state index contributed by atoms with van der Waals surface area (Å²) in [5.74, 6) is 0.416. The summed E-state index contributed by atoms with van der Waals surface area (Å²) in [4.78, 5) is 43.1. The van der Waals surface area contributed by atoms with Crippen molar-refractivity contribution in [2.45, 2.75) is 38.5 Å². The van der Waals surface area contributed by atoms with E-state index >= 15 is 0 Å². The van der Waals surface area contributed by atoms with Crippen molar-refractivity contribution >= 4 is 29.1 Å². The molecule has 2 fully saturated rings. The molecular formula is C24H21N3O4. The molecule has 7 heteroatoms. The third kappa shape index (κ3) is 3.52. The van der Waals surface area contributed by atoms with Crippen LogP contribution in [0.2, 0.25) is 0 Å². The van der Waals surface area contributed by atoms with Crippen LogP contribution in [0.4, 0.5) is 11.4 Å². The molecule has 0 bridgehead atoms. The van der Waals surface area contributed by atoms with Gasteiger partial charge in [-0.25, -0.2) is 4.98 Å². The van der Waals surface area contributed by atoms with Crippen molar-refractivity contribution in [3.05, 3.63) is 65.5 Å². The number of hydrogen-bond donors (Lipinski definition) is 1. The van der Waals surface area contributed by atoms with Crippen molar-refractivity contribution in [2.75, 3.05) is 10.2 Å². The number of carbonyl (C=O) groups is 3. The van der Waals surface area contributed by atoms with Crippen LogP contribution in [0.25, 0.3) is 11.5 Å². The van der Waals surface area contributed by atoms with Crippen LogP contribution in [0.15, 0.2) is 52.9 Å². The van der Waals surface area contributed by atoms with Crippen LogP contribution >= 0.6 is 0 Å². The molecule has 1 N–H and O–H groups in total. The number of aromatic nitrogens is 1. The third-order valence-electron chi connectivity index (χ3n) is 5.68. The Morgan fingerprint density at radius 3 is 2.42 bits per heavy atom. The minimum Gasteiger partial charge on any atom is -0.440 e. The quantitative estimate of drug-likeness (QED) is 0.622. The van der Waals surface area contributed by atoms with Gasteiger partial charge in [-0.2, -0.15) is 0 Å². The number of nitrogens with one attached hydrogen (secondary N) is 1. The number of hydrogen-bond acceptors (Lipinski definition) is 5. The number of rotatable bonds is 5. The lowest BCUT2D eigenvalue weighted by molar-refractivity contribution is -0.121. The average Bonchev–Trinajstić information content (AvgIpc) is 3.44. The Hall–Kier alpha value is -3.74. The second-order valence-electron chi connectivity index (χ2n) is 7.90. The standard InChI is InChI=1S/C24H21N3O4/c1-14-17(8-5-9-18(14)27-19(28)12-13-20(27)29)25-23(30)21-22(15-10-11-15)31-24(26-21)16-6-3-2-4-7-16/h2-9,15H,10-13H2,1H3,(H,25,30). The van der Waals surface area contributed by atoms with Gasteiger partial charge in [-0.3, -0.25) is 19.3 Å². The van der Waals surface area contributed by atoms with Crippen molar-refractivity contribution in [3.63, 3.8) is 0 Å². The Morgan fingerprint density at radius 2 is 1.74 bits per heavy atom. The molecule has 0 spiro atoms. The highest BCUT2D eigenvalue weighted by Crippen LogP contribution is 2.43. The molecule has 0 radical (unpaired) electrons. The predicted octanol–water partition coefficient (Wildman–Crippen LogP) is 4.43. The lowest BCUT2D eigenvalue weighted by atomic mass is 10.1. The Bertz CT molecular complexity index is 1180. The van der Waals surface area contributed by atoms with Crippen LogP contribution in [0, 0.1) is 6.92 Å². The van der Waals surface area contributed by atoms with Crippen LogP contribution in [0.5, 0.6) is 0 Å². The maximum atomic E-state index is 13.1. The predicted molar refractivity (Wildman–Crippen MR) is 115 cm³/mol. The zero-order chi connectivity index (χ0) is 21.5. The summed E-state index contributed by atoms with van der Waals surface area (Å²) < 4.78 is 5.98. The van der Waals surface area contributed by atoms with Gasteiger partial charge in [0.05, 0.1) is 5.69 Å². The number of benzene rings is 2. The van der Waals surface area contributed by atoms with Gasteiger partial charge in [-0.05, 0) is 49.6 Å². The number of amides is 3. The van der Waals surface area contributed by atoms with Gasteiger partial charge in [0.1, 0.15) is 5.76 Å². The van der Waals surface area contributed by atoms with E-state index in [2.05, 4.69) is 10.3 Å². The Kier molecular flexibility index (Phi) is 4.66. The lowest BCUT2D eigenvalue weighted by Crippen LogP contribution is -2.29. The summed E-state index contributed by atoms with van der Waals surface area (Å²) in [6.07, 6.45) is 2.36. The molecule has 2 heterocycles. The molecule has 2 aromatic carbocycles. The summed E-state index contributed by atoms with van der Waals surface area (Å²) in [6.45, 7) is 1.78. The molecule has 0 atom stereocenters. The van der Waals surface area contributed by atoms with Gasteiger partial charge in [0.15, 0.2) is 5.69 Å². The highest BCUT2D eigenvalue weighted by molar-refractivity contribution is 6.20. The SMILES string of the molecule is Cc1c(NC(=O)c2nc(-c3ccccc3)oc2C2CC2)cccc1N1C(=O)CCC1=O. The Morgan fingerprint density at radius 1 is 1.03 bits per heavy atom. The number of nitrogens with zero attached hydrogens (tertiary/aromatic N) is 2. The molecular weight excluding hydrogens is 394 g/mol. The zero-order valence-electron chi connectivity index (χ0n) is 17.1. The van der Waals surface area contributed by atoms with Crippen molar-refractivity contribution in [2.24, 2.45) is 0 Å². The summed E-state index contributed by atoms with van der Waals surface area (Å²) >= 11 is 0. The highest BCUT2D eigenvalue weighted by atomic mass is 16.4. The first kappa shape index (κ1) is 19.2. The molecule has 3 aromatic rings. The third-order valence-corrected chi connectivity index (χ3v) is 5.68. The number of carbonyl (C=O) groups excluding carboxylic acids is 3. The lowest BCUT2D eigenvalue weighted by Gasteiger charge is -2.19. The molecule has 156 valence electrons. The van der Waals surface area contributed by atoms with Crippen molar-refractivity contribution in [3.8, 4) is 11.5 Å². The number of imide groups is 1. The first-order valence-corrected chi connectivity index (χ1v) is 10.4. The monoisotopic (exact) mass is 415 g/mol. The zero-order valence-corrected chi connectivity index (χ0v) is 17.1. The molecule has 1 aliphatic carbocycles. The van der Waals surface area contributed by atoms with E-state index in [0.29, 0.717) is 28.6 Å². The topological polar surface area (TPSA) is 92.5 Å². The summed E-state index contributed by atoms with van der Waals surface area (Å²) in [5, 5.41) is 2.90. The molecule has 1 saturated carbocycles. The summed E-state index contributed by atoms with van der Waals surface area (Å²) in [5.41, 5.74) is 2.77. The molecule has 5 rings (SSSR count). The van der Waals surface area contributed by atoms with Gasteiger partial charge in [0.25, 0.3) is 5.91 Å². The maximum Gasteiger partial charge on any atom is 0.277 e. The molecule has 3 amide bonds. The molecule has 2 aliphatic rings. The summed E-state index contributed by atoms with van der Waals surface area (Å²) in [7, 11) is 0. The van der Waals surface area contributed by atoms with E-state index in [9.17, 15) is 14.4 Å². The minimum atomic E-state index is -0.368. The summed E-state index contributed by atoms with van der Waals surface area (Å²) in [6, 6.07) is 14.7. The number of anilines is 2. The van der Waals surface area contributed by atoms with Crippen LogP contribution in [-0.2, 0) is 9.59 Å². The highest BCUT2D eigenvalue weighted by Gasteiger charge is 2.35. The molecule has 0 unspecified atom stereocenters. The van der Waals surface area contributed by atoms with E-state index < -0.39 is 0 Å². The van der Waals surface area contributed by atoms with Gasteiger partial charge in [-0.15, -0.1) is 0 Å². The largest absolute Gasteiger partial charge is 0.440 e. The fourth-order valence-corrected chi connectivity index (χ4v) is 3.85. The first-order chi connectivity index (χ1) is 15.0. The van der Waals surface area contributed by atoms with Gasteiger partial charge < -0.3 is 9.73 Å². The average molecular weight is 415 g/mol. The van der Waals surface area contributed by atoms with E-state index in [1.807, 2.05) is 30.3 Å². The van der Waals surface area contributed by atoms with Gasteiger partial charge >= 0.3 is 0 Å². The van der Waals surface area contributed by atoms with Crippen LogP contribution in [0.1, 0.15) is 53.4 Å². The minimum absolute atomic E-state index is 0.206. The molecule has 7 nitrogen and oxygen atoms in total.